The minimum absolute atomic E-state index is 0.125. The number of aliphatic hydroxyl groups is 2. The molecule has 0 rings (SSSR count). The topological polar surface area (TPSA) is 66.8 Å². The van der Waals surface area contributed by atoms with Gasteiger partial charge in [-0.3, -0.25) is 4.79 Å². The van der Waals surface area contributed by atoms with Gasteiger partial charge in [-0.15, -0.1) is 0 Å². The molecule has 0 amide bonds. The lowest BCUT2D eigenvalue weighted by Gasteiger charge is -1.79. The van der Waals surface area contributed by atoms with Gasteiger partial charge in [0, 0.05) is 0 Å². The molecule has 0 aromatic carbocycles. The minimum atomic E-state index is -0.125. The maximum absolute atomic E-state index is 9.18. The number of rotatable bonds is 3. The van der Waals surface area contributed by atoms with Crippen molar-refractivity contribution in [2.24, 2.45) is 0 Å². The average molecular weight is 136 g/mol. The largest absolute Gasteiger partial charge is 0.468 e. The fourth-order valence-electron chi connectivity index (χ4n) is 0.0680. The quantitative estimate of drug-likeness (QED) is 0.496. The summed E-state index contributed by atoms with van der Waals surface area (Å²) in [4.78, 5) is 9.18. The van der Waals surface area contributed by atoms with Crippen LogP contribution in [0.4, 0.5) is 0 Å². The highest BCUT2D eigenvalue weighted by Crippen LogP contribution is 1.55. The molecular weight excluding hydrogens is 124 g/mol. The first-order valence-electron chi connectivity index (χ1n) is 2.60. The highest BCUT2D eigenvalue weighted by atomic mass is 16.5. The third-order valence-corrected chi connectivity index (χ3v) is 0.335. The predicted octanol–water partition coefficient (Wildman–Crippen LogP) is -0.850. The van der Waals surface area contributed by atoms with Gasteiger partial charge in [-0.05, 0) is 6.92 Å². The van der Waals surface area contributed by atoms with Crippen molar-refractivity contribution < 1.29 is 19.7 Å². The van der Waals surface area contributed by atoms with E-state index in [1.54, 1.807) is 6.92 Å². The van der Waals surface area contributed by atoms with Crippen LogP contribution in [0.5, 0.6) is 0 Å². The van der Waals surface area contributed by atoms with Gasteiger partial charge in [0.2, 0.25) is 0 Å². The standard InChI is InChI=1S/C3H6O2.C2H6O2/c1-2-5-3-4;3-1-2-4/h3H,2H2,1H3;3-4H,1-2H2. The van der Waals surface area contributed by atoms with Crippen molar-refractivity contribution in [1.82, 2.24) is 0 Å². The van der Waals surface area contributed by atoms with Crippen LogP contribution in [0.15, 0.2) is 0 Å². The summed E-state index contributed by atoms with van der Waals surface area (Å²) >= 11 is 0. The van der Waals surface area contributed by atoms with Crippen LogP contribution in [-0.4, -0.2) is 36.5 Å². The Morgan fingerprint density at radius 2 is 1.89 bits per heavy atom. The Kier molecular flexibility index (Phi) is 19.5. The molecule has 9 heavy (non-hydrogen) atoms. The van der Waals surface area contributed by atoms with Crippen molar-refractivity contribution in [1.29, 1.82) is 0 Å². The smallest absolute Gasteiger partial charge is 0.293 e. The summed E-state index contributed by atoms with van der Waals surface area (Å²) in [5.74, 6) is 0. The number of carbonyl (C=O) groups is 1. The fourth-order valence-corrected chi connectivity index (χ4v) is 0.0680. The maximum Gasteiger partial charge on any atom is 0.293 e. The lowest BCUT2D eigenvalue weighted by Crippen LogP contribution is -1.85. The van der Waals surface area contributed by atoms with Gasteiger partial charge in [0.1, 0.15) is 0 Å². The second-order valence-electron chi connectivity index (χ2n) is 0.999. The van der Waals surface area contributed by atoms with E-state index >= 15 is 0 Å². The van der Waals surface area contributed by atoms with Crippen LogP contribution in [0.1, 0.15) is 6.92 Å². The molecule has 0 saturated heterocycles. The van der Waals surface area contributed by atoms with Crippen molar-refractivity contribution in [3.05, 3.63) is 0 Å². The normalized spacial score (nSPS) is 7.00. The third-order valence-electron chi connectivity index (χ3n) is 0.335. The molecule has 4 nitrogen and oxygen atoms in total. The highest BCUT2D eigenvalue weighted by Gasteiger charge is 1.60. The zero-order valence-corrected chi connectivity index (χ0v) is 5.41. The Labute approximate surface area is 54.1 Å². The van der Waals surface area contributed by atoms with Crippen molar-refractivity contribution >= 4 is 6.47 Å². The summed E-state index contributed by atoms with van der Waals surface area (Å²) in [6.07, 6.45) is 0. The van der Waals surface area contributed by atoms with E-state index < -0.39 is 0 Å². The van der Waals surface area contributed by atoms with Crippen molar-refractivity contribution in [3.63, 3.8) is 0 Å². The molecule has 0 spiro atoms. The summed E-state index contributed by atoms with van der Waals surface area (Å²) in [5, 5.41) is 15.2. The Bertz CT molecular complexity index is 44.2. The van der Waals surface area contributed by atoms with E-state index in [1.807, 2.05) is 0 Å². The molecular formula is C5H12O4. The van der Waals surface area contributed by atoms with Gasteiger partial charge in [0.25, 0.3) is 6.47 Å². The van der Waals surface area contributed by atoms with E-state index in [4.69, 9.17) is 10.2 Å². The zero-order chi connectivity index (χ0) is 7.54. The molecule has 0 aliphatic carbocycles. The molecule has 0 aromatic rings. The highest BCUT2D eigenvalue weighted by molar-refractivity contribution is 5.36. The van der Waals surface area contributed by atoms with Crippen LogP contribution in [0.3, 0.4) is 0 Å². The molecule has 0 fully saturated rings. The van der Waals surface area contributed by atoms with Crippen LogP contribution in [0, 0.1) is 0 Å². The summed E-state index contributed by atoms with van der Waals surface area (Å²) in [7, 11) is 0. The first kappa shape index (κ1) is 11.2. The predicted molar refractivity (Wildman–Crippen MR) is 31.9 cm³/mol. The number of ether oxygens (including phenoxy) is 1. The molecule has 0 aliphatic heterocycles. The molecule has 0 bridgehead atoms. The number of hydrogen-bond donors (Lipinski definition) is 2. The molecule has 0 heterocycles. The summed E-state index contributed by atoms with van der Waals surface area (Å²) in [6, 6.07) is 0. The first-order valence-corrected chi connectivity index (χ1v) is 2.60. The average Bonchev–Trinajstić information content (AvgIpc) is 1.91. The van der Waals surface area contributed by atoms with Crippen molar-refractivity contribution in [2.45, 2.75) is 6.92 Å². The van der Waals surface area contributed by atoms with Crippen LogP contribution >= 0.6 is 0 Å². The van der Waals surface area contributed by atoms with Gasteiger partial charge >= 0.3 is 0 Å². The Morgan fingerprint density at radius 3 is 1.89 bits per heavy atom. The number of aliphatic hydroxyl groups excluding tert-OH is 2. The van der Waals surface area contributed by atoms with E-state index in [9.17, 15) is 4.79 Å². The van der Waals surface area contributed by atoms with Crippen LogP contribution < -0.4 is 0 Å². The molecule has 56 valence electrons. The molecule has 0 radical (unpaired) electrons. The monoisotopic (exact) mass is 136 g/mol. The molecule has 2 N–H and O–H groups in total. The zero-order valence-electron chi connectivity index (χ0n) is 5.41. The maximum atomic E-state index is 9.18. The Hall–Kier alpha value is -0.610. The Morgan fingerprint density at radius 1 is 1.44 bits per heavy atom. The van der Waals surface area contributed by atoms with Gasteiger partial charge in [0.15, 0.2) is 0 Å². The lowest BCUT2D eigenvalue weighted by molar-refractivity contribution is -0.128. The van der Waals surface area contributed by atoms with Crippen LogP contribution in [-0.2, 0) is 9.53 Å². The molecule has 0 aliphatic rings. The summed E-state index contributed by atoms with van der Waals surface area (Å²) in [5.41, 5.74) is 0. The van der Waals surface area contributed by atoms with Gasteiger partial charge in [-0.1, -0.05) is 0 Å². The summed E-state index contributed by atoms with van der Waals surface area (Å²) in [6.45, 7) is 2.41. The SMILES string of the molecule is CCOC=O.OCCO. The van der Waals surface area contributed by atoms with E-state index in [0.29, 0.717) is 13.1 Å². The van der Waals surface area contributed by atoms with Crippen molar-refractivity contribution in [3.8, 4) is 0 Å². The Balaban J connectivity index is 0. The van der Waals surface area contributed by atoms with Crippen LogP contribution in [0.2, 0.25) is 0 Å². The molecule has 0 aromatic heterocycles. The molecule has 4 heteroatoms. The van der Waals surface area contributed by atoms with E-state index in [0.717, 1.165) is 0 Å². The van der Waals surface area contributed by atoms with Crippen LogP contribution in [0.25, 0.3) is 0 Å². The minimum Gasteiger partial charge on any atom is -0.468 e. The summed E-state index contributed by atoms with van der Waals surface area (Å²) < 4.78 is 4.15. The van der Waals surface area contributed by atoms with Gasteiger partial charge in [-0.2, -0.15) is 0 Å². The molecule has 0 atom stereocenters. The lowest BCUT2D eigenvalue weighted by atomic mass is 10.8. The van der Waals surface area contributed by atoms with Gasteiger partial charge < -0.3 is 14.9 Å². The number of hydrogen-bond acceptors (Lipinski definition) is 4. The van der Waals surface area contributed by atoms with Gasteiger partial charge in [-0.25, -0.2) is 0 Å². The van der Waals surface area contributed by atoms with E-state index in [1.165, 1.54) is 0 Å². The second kappa shape index (κ2) is 15.7. The van der Waals surface area contributed by atoms with Gasteiger partial charge in [0.05, 0.1) is 19.8 Å². The first-order chi connectivity index (χ1) is 4.33. The number of carbonyl (C=O) groups excluding carboxylic acids is 1. The fraction of sp³-hybridized carbons (Fsp3) is 0.800. The van der Waals surface area contributed by atoms with E-state index in [-0.39, 0.29) is 13.2 Å². The van der Waals surface area contributed by atoms with E-state index in [2.05, 4.69) is 4.74 Å². The molecule has 0 saturated carbocycles. The molecule has 0 unspecified atom stereocenters. The third kappa shape index (κ3) is 37.6. The van der Waals surface area contributed by atoms with Crippen molar-refractivity contribution in [2.75, 3.05) is 19.8 Å². The second-order valence-corrected chi connectivity index (χ2v) is 0.999.